The molecule has 0 aliphatic carbocycles. The van der Waals surface area contributed by atoms with E-state index in [1.165, 1.54) is 0 Å². The largest absolute Gasteiger partial charge is 0.398 e. The molecule has 0 unspecified atom stereocenters. The highest BCUT2D eigenvalue weighted by Gasteiger charge is 2.21. The Kier molecular flexibility index (Phi) is 2.86. The Morgan fingerprint density at radius 2 is 1.94 bits per heavy atom. The average molecular weight is 218 g/mol. The summed E-state index contributed by atoms with van der Waals surface area (Å²) in [6.45, 7) is 4.84. The lowest BCUT2D eigenvalue weighted by molar-refractivity contribution is -0.119. The summed E-state index contributed by atoms with van der Waals surface area (Å²) in [6.07, 6.45) is 2.75. The van der Waals surface area contributed by atoms with Crippen LogP contribution in [0.1, 0.15) is 30.4 Å². The molecule has 2 N–H and O–H groups in total. The molecular weight excluding hydrogens is 200 g/mol. The monoisotopic (exact) mass is 218 g/mol. The van der Waals surface area contributed by atoms with E-state index in [0.29, 0.717) is 6.42 Å². The number of aryl methyl sites for hydroxylation is 2. The van der Waals surface area contributed by atoms with Crippen molar-refractivity contribution >= 4 is 17.3 Å². The zero-order valence-corrected chi connectivity index (χ0v) is 9.92. The van der Waals surface area contributed by atoms with Gasteiger partial charge in [0.1, 0.15) is 0 Å². The molecule has 1 aromatic rings. The van der Waals surface area contributed by atoms with Gasteiger partial charge in [-0.2, -0.15) is 0 Å². The zero-order chi connectivity index (χ0) is 11.7. The van der Waals surface area contributed by atoms with Gasteiger partial charge in [-0.25, -0.2) is 0 Å². The van der Waals surface area contributed by atoms with Crippen molar-refractivity contribution < 1.29 is 4.79 Å². The van der Waals surface area contributed by atoms with Crippen molar-refractivity contribution in [1.82, 2.24) is 0 Å². The summed E-state index contributed by atoms with van der Waals surface area (Å²) in [4.78, 5) is 13.7. The number of hydrogen-bond acceptors (Lipinski definition) is 2. The predicted molar refractivity (Wildman–Crippen MR) is 66.5 cm³/mol. The minimum absolute atomic E-state index is 0.220. The second kappa shape index (κ2) is 4.16. The van der Waals surface area contributed by atoms with E-state index in [1.807, 2.05) is 30.9 Å². The van der Waals surface area contributed by atoms with Gasteiger partial charge in [0.2, 0.25) is 5.91 Å². The normalized spacial score (nSPS) is 16.6. The van der Waals surface area contributed by atoms with Crippen LogP contribution in [0.2, 0.25) is 0 Å². The Balaban J connectivity index is 2.39. The van der Waals surface area contributed by atoms with Crippen LogP contribution in [0.15, 0.2) is 12.1 Å². The van der Waals surface area contributed by atoms with Gasteiger partial charge in [0.05, 0.1) is 0 Å². The van der Waals surface area contributed by atoms with Gasteiger partial charge in [0.15, 0.2) is 0 Å². The molecule has 0 saturated carbocycles. The van der Waals surface area contributed by atoms with Gasteiger partial charge in [-0.3, -0.25) is 4.79 Å². The van der Waals surface area contributed by atoms with E-state index in [2.05, 4.69) is 0 Å². The predicted octanol–water partition coefficient (Wildman–Crippen LogP) is 2.40. The molecule has 1 amide bonds. The number of amides is 1. The maximum atomic E-state index is 11.8. The fourth-order valence-corrected chi connectivity index (χ4v) is 2.21. The van der Waals surface area contributed by atoms with Crippen LogP contribution in [0, 0.1) is 13.8 Å². The van der Waals surface area contributed by atoms with E-state index in [0.717, 1.165) is 41.9 Å². The first-order chi connectivity index (χ1) is 7.59. The number of nitrogen functional groups attached to an aromatic ring is 1. The van der Waals surface area contributed by atoms with Gasteiger partial charge in [0, 0.05) is 24.3 Å². The fourth-order valence-electron chi connectivity index (χ4n) is 2.21. The number of anilines is 2. The van der Waals surface area contributed by atoms with E-state index in [-0.39, 0.29) is 5.91 Å². The number of rotatable bonds is 1. The molecular formula is C13H18N2O. The molecule has 16 heavy (non-hydrogen) atoms. The van der Waals surface area contributed by atoms with Gasteiger partial charge >= 0.3 is 0 Å². The topological polar surface area (TPSA) is 46.3 Å². The van der Waals surface area contributed by atoms with Crippen molar-refractivity contribution in [2.24, 2.45) is 0 Å². The summed E-state index contributed by atoms with van der Waals surface area (Å²) >= 11 is 0. The van der Waals surface area contributed by atoms with Crippen molar-refractivity contribution in [1.29, 1.82) is 0 Å². The van der Waals surface area contributed by atoms with E-state index >= 15 is 0 Å². The molecule has 1 aromatic carbocycles. The second-order valence-corrected chi connectivity index (χ2v) is 4.50. The molecule has 0 atom stereocenters. The molecule has 1 heterocycles. The molecule has 1 saturated heterocycles. The molecule has 0 spiro atoms. The van der Waals surface area contributed by atoms with E-state index in [1.54, 1.807) is 0 Å². The molecule has 1 aliphatic rings. The van der Waals surface area contributed by atoms with Crippen LogP contribution >= 0.6 is 0 Å². The fraction of sp³-hybridized carbons (Fsp3) is 0.462. The van der Waals surface area contributed by atoms with E-state index in [9.17, 15) is 4.79 Å². The van der Waals surface area contributed by atoms with Crippen LogP contribution in [0.5, 0.6) is 0 Å². The summed E-state index contributed by atoms with van der Waals surface area (Å²) in [6, 6.07) is 3.97. The highest BCUT2D eigenvalue weighted by Crippen LogP contribution is 2.28. The van der Waals surface area contributed by atoms with Crippen molar-refractivity contribution in [3.63, 3.8) is 0 Å². The lowest BCUT2D eigenvalue weighted by atomic mass is 10.0. The standard InChI is InChI=1S/C13H18N2O/c1-9-7-10(2)12(8-11(9)14)15-6-4-3-5-13(15)16/h7-8H,3-6,14H2,1-2H3. The van der Waals surface area contributed by atoms with Crippen LogP contribution in [0.4, 0.5) is 11.4 Å². The van der Waals surface area contributed by atoms with Crippen LogP contribution in [-0.2, 0) is 4.79 Å². The lowest BCUT2D eigenvalue weighted by Crippen LogP contribution is -2.35. The minimum atomic E-state index is 0.220. The number of nitrogens with two attached hydrogens (primary N) is 1. The summed E-state index contributed by atoms with van der Waals surface area (Å²) in [5.41, 5.74) is 9.85. The Hall–Kier alpha value is -1.51. The first kappa shape index (κ1) is 11.0. The Morgan fingerprint density at radius 1 is 1.19 bits per heavy atom. The zero-order valence-electron chi connectivity index (χ0n) is 9.92. The smallest absolute Gasteiger partial charge is 0.226 e. The highest BCUT2D eigenvalue weighted by molar-refractivity contribution is 5.95. The molecule has 0 radical (unpaired) electrons. The number of nitrogens with zero attached hydrogens (tertiary/aromatic N) is 1. The first-order valence-electron chi connectivity index (χ1n) is 5.76. The van der Waals surface area contributed by atoms with Gasteiger partial charge in [-0.05, 0) is 43.9 Å². The first-order valence-corrected chi connectivity index (χ1v) is 5.76. The summed E-state index contributed by atoms with van der Waals surface area (Å²) in [5, 5.41) is 0. The number of hydrogen-bond donors (Lipinski definition) is 1. The highest BCUT2D eigenvalue weighted by atomic mass is 16.2. The summed E-state index contributed by atoms with van der Waals surface area (Å²) < 4.78 is 0. The summed E-state index contributed by atoms with van der Waals surface area (Å²) in [7, 11) is 0. The Morgan fingerprint density at radius 3 is 2.62 bits per heavy atom. The average Bonchev–Trinajstić information content (AvgIpc) is 2.25. The molecule has 2 rings (SSSR count). The third kappa shape index (κ3) is 1.90. The summed E-state index contributed by atoms with van der Waals surface area (Å²) in [5.74, 6) is 0.220. The van der Waals surface area contributed by atoms with Crippen molar-refractivity contribution in [3.05, 3.63) is 23.3 Å². The molecule has 1 fully saturated rings. The molecule has 86 valence electrons. The SMILES string of the molecule is Cc1cc(C)c(N2CCCCC2=O)cc1N. The Labute approximate surface area is 96.2 Å². The van der Waals surface area contributed by atoms with E-state index < -0.39 is 0 Å². The number of piperidine rings is 1. The number of carbonyl (C=O) groups is 1. The molecule has 3 nitrogen and oxygen atoms in total. The van der Waals surface area contributed by atoms with Crippen molar-refractivity contribution in [3.8, 4) is 0 Å². The van der Waals surface area contributed by atoms with Crippen LogP contribution in [0.3, 0.4) is 0 Å². The van der Waals surface area contributed by atoms with Crippen molar-refractivity contribution in [2.75, 3.05) is 17.2 Å². The van der Waals surface area contributed by atoms with Crippen molar-refractivity contribution in [2.45, 2.75) is 33.1 Å². The van der Waals surface area contributed by atoms with E-state index in [4.69, 9.17) is 5.73 Å². The van der Waals surface area contributed by atoms with Crippen LogP contribution < -0.4 is 10.6 Å². The maximum Gasteiger partial charge on any atom is 0.226 e. The maximum absolute atomic E-state index is 11.8. The number of benzene rings is 1. The van der Waals surface area contributed by atoms with Gasteiger partial charge < -0.3 is 10.6 Å². The third-order valence-electron chi connectivity index (χ3n) is 3.20. The minimum Gasteiger partial charge on any atom is -0.398 e. The van der Waals surface area contributed by atoms with Gasteiger partial charge in [-0.15, -0.1) is 0 Å². The lowest BCUT2D eigenvalue weighted by Gasteiger charge is -2.28. The van der Waals surface area contributed by atoms with Gasteiger partial charge in [0.25, 0.3) is 0 Å². The molecule has 0 aromatic heterocycles. The van der Waals surface area contributed by atoms with Crippen LogP contribution in [0.25, 0.3) is 0 Å². The Bertz CT molecular complexity index is 426. The molecule has 0 bridgehead atoms. The third-order valence-corrected chi connectivity index (χ3v) is 3.20. The van der Waals surface area contributed by atoms with Gasteiger partial charge in [-0.1, -0.05) is 6.07 Å². The molecule has 3 heteroatoms. The molecule has 1 aliphatic heterocycles. The second-order valence-electron chi connectivity index (χ2n) is 4.50. The quantitative estimate of drug-likeness (QED) is 0.736. The number of carbonyl (C=O) groups excluding carboxylic acids is 1. The van der Waals surface area contributed by atoms with Crippen LogP contribution in [-0.4, -0.2) is 12.5 Å².